The maximum Gasteiger partial charge on any atom is 0.194 e. The topological polar surface area (TPSA) is 36.4 Å². The van der Waals surface area contributed by atoms with Gasteiger partial charge in [0, 0.05) is 0 Å². The zero-order valence-electron chi connectivity index (χ0n) is 11.7. The molecule has 0 aromatic heterocycles. The predicted octanol–water partition coefficient (Wildman–Crippen LogP) is 3.59. The van der Waals surface area contributed by atoms with Crippen molar-refractivity contribution in [2.45, 2.75) is 76.5 Å². The summed E-state index contributed by atoms with van der Waals surface area (Å²) in [5, 5.41) is 7.73. The van der Waals surface area contributed by atoms with Gasteiger partial charge >= 0.3 is 0 Å². The average molecular weight is 284 g/mol. The van der Waals surface area contributed by atoms with Crippen LogP contribution in [0.3, 0.4) is 0 Å². The molecule has 108 valence electrons. The molecule has 2 atom stereocenters. The van der Waals surface area contributed by atoms with Gasteiger partial charge in [-0.05, 0) is 49.1 Å². The van der Waals surface area contributed by atoms with Crippen LogP contribution in [0.25, 0.3) is 0 Å². The minimum atomic E-state index is 0.251. The van der Waals surface area contributed by atoms with E-state index in [1.807, 2.05) is 0 Å². The Morgan fingerprint density at radius 2 is 1.42 bits per heavy atom. The molecule has 1 aliphatic heterocycles. The van der Waals surface area contributed by atoms with E-state index in [4.69, 9.17) is 11.6 Å². The first-order valence-electron chi connectivity index (χ1n) is 8.09. The van der Waals surface area contributed by atoms with Gasteiger partial charge in [-0.1, -0.05) is 38.5 Å². The molecule has 0 aromatic carbocycles. The van der Waals surface area contributed by atoms with E-state index in [0.717, 1.165) is 5.92 Å². The highest BCUT2D eigenvalue weighted by Crippen LogP contribution is 2.31. The van der Waals surface area contributed by atoms with Crippen LogP contribution in [-0.2, 0) is 0 Å². The summed E-state index contributed by atoms with van der Waals surface area (Å²) >= 11 is 6.24. The summed E-state index contributed by atoms with van der Waals surface area (Å²) in [4.78, 5) is 4.61. The van der Waals surface area contributed by atoms with Crippen LogP contribution in [0.2, 0.25) is 0 Å². The SMILES string of the molecule is ClC1=NC(C2CCCCC2)NC(C2CCCCC2)N1. The zero-order valence-corrected chi connectivity index (χ0v) is 12.5. The van der Waals surface area contributed by atoms with E-state index in [1.54, 1.807) is 0 Å². The highest BCUT2D eigenvalue weighted by atomic mass is 35.5. The summed E-state index contributed by atoms with van der Waals surface area (Å²) in [6.07, 6.45) is 14.1. The molecule has 0 saturated heterocycles. The minimum absolute atomic E-state index is 0.251. The van der Waals surface area contributed by atoms with Gasteiger partial charge in [-0.25, -0.2) is 4.99 Å². The Morgan fingerprint density at radius 1 is 0.842 bits per heavy atom. The lowest BCUT2D eigenvalue weighted by molar-refractivity contribution is 0.186. The Labute approximate surface area is 121 Å². The van der Waals surface area contributed by atoms with E-state index in [9.17, 15) is 0 Å². The summed E-state index contributed by atoms with van der Waals surface area (Å²) in [7, 11) is 0. The third-order valence-electron chi connectivity index (χ3n) is 5.09. The van der Waals surface area contributed by atoms with E-state index in [-0.39, 0.29) is 6.17 Å². The average Bonchev–Trinajstić information content (AvgIpc) is 2.48. The van der Waals surface area contributed by atoms with Gasteiger partial charge in [0.05, 0.1) is 6.17 Å². The Hall–Kier alpha value is -0.280. The van der Waals surface area contributed by atoms with E-state index >= 15 is 0 Å². The van der Waals surface area contributed by atoms with Crippen molar-refractivity contribution in [2.75, 3.05) is 0 Å². The van der Waals surface area contributed by atoms with E-state index in [0.29, 0.717) is 17.4 Å². The molecule has 0 aromatic rings. The van der Waals surface area contributed by atoms with Gasteiger partial charge in [0.1, 0.15) is 6.17 Å². The molecule has 0 spiro atoms. The molecule has 3 aliphatic rings. The first-order valence-corrected chi connectivity index (χ1v) is 8.46. The molecule has 2 unspecified atom stereocenters. The second-order valence-corrected chi connectivity index (χ2v) is 6.81. The van der Waals surface area contributed by atoms with Crippen LogP contribution < -0.4 is 10.6 Å². The van der Waals surface area contributed by atoms with Gasteiger partial charge in [-0.3, -0.25) is 5.32 Å². The molecule has 0 radical (unpaired) electrons. The molecule has 3 nitrogen and oxygen atoms in total. The quantitative estimate of drug-likeness (QED) is 0.760. The molecule has 2 fully saturated rings. The molecule has 4 heteroatoms. The normalized spacial score (nSPS) is 34.7. The molecule has 3 rings (SSSR count). The third kappa shape index (κ3) is 3.43. The largest absolute Gasteiger partial charge is 0.345 e. The van der Waals surface area contributed by atoms with Crippen LogP contribution in [-0.4, -0.2) is 17.6 Å². The number of nitrogens with one attached hydrogen (secondary N) is 2. The standard InChI is InChI=1S/C15H26ClN3/c16-15-18-13(11-7-3-1-4-8-11)17-14(19-15)12-9-5-2-6-10-12/h11-14,17H,1-10H2,(H,18,19). The number of halogens is 1. The van der Waals surface area contributed by atoms with Crippen LogP contribution in [0.5, 0.6) is 0 Å². The van der Waals surface area contributed by atoms with E-state index in [2.05, 4.69) is 15.6 Å². The summed E-state index contributed by atoms with van der Waals surface area (Å²) in [5.41, 5.74) is 0. The maximum absolute atomic E-state index is 6.24. The van der Waals surface area contributed by atoms with Gasteiger partial charge in [-0.2, -0.15) is 0 Å². The van der Waals surface area contributed by atoms with Gasteiger partial charge in [0.15, 0.2) is 5.29 Å². The molecule has 19 heavy (non-hydrogen) atoms. The molecule has 0 bridgehead atoms. The van der Waals surface area contributed by atoms with Crippen molar-refractivity contribution in [2.24, 2.45) is 16.8 Å². The van der Waals surface area contributed by atoms with Crippen molar-refractivity contribution in [1.29, 1.82) is 0 Å². The van der Waals surface area contributed by atoms with Crippen LogP contribution in [0.1, 0.15) is 64.2 Å². The van der Waals surface area contributed by atoms with Crippen LogP contribution in [0.4, 0.5) is 0 Å². The second kappa shape index (κ2) is 6.45. The van der Waals surface area contributed by atoms with Crippen molar-refractivity contribution in [1.82, 2.24) is 10.6 Å². The Kier molecular flexibility index (Phi) is 4.65. The van der Waals surface area contributed by atoms with E-state index < -0.39 is 0 Å². The Bertz CT molecular complexity index is 319. The van der Waals surface area contributed by atoms with Crippen molar-refractivity contribution >= 4 is 16.9 Å². The fourth-order valence-electron chi connectivity index (χ4n) is 3.96. The lowest BCUT2D eigenvalue weighted by Crippen LogP contribution is -2.58. The molecular weight excluding hydrogens is 258 g/mol. The number of aliphatic imine (C=N–C) groups is 1. The highest BCUT2D eigenvalue weighted by Gasteiger charge is 2.33. The van der Waals surface area contributed by atoms with Crippen LogP contribution in [0.15, 0.2) is 4.99 Å². The lowest BCUT2D eigenvalue weighted by Gasteiger charge is -2.39. The molecule has 0 amide bonds. The second-order valence-electron chi connectivity index (χ2n) is 6.45. The number of amidine groups is 1. The summed E-state index contributed by atoms with van der Waals surface area (Å²) in [6.45, 7) is 0. The monoisotopic (exact) mass is 283 g/mol. The Morgan fingerprint density at radius 3 is 2.05 bits per heavy atom. The summed E-state index contributed by atoms with van der Waals surface area (Å²) < 4.78 is 0. The molecular formula is C15H26ClN3. The third-order valence-corrected chi connectivity index (χ3v) is 5.30. The van der Waals surface area contributed by atoms with Crippen molar-refractivity contribution in [3.63, 3.8) is 0 Å². The van der Waals surface area contributed by atoms with E-state index in [1.165, 1.54) is 64.2 Å². The first-order chi connectivity index (χ1) is 9.33. The number of nitrogens with zero attached hydrogens (tertiary/aromatic N) is 1. The van der Waals surface area contributed by atoms with Gasteiger partial charge < -0.3 is 5.32 Å². The fraction of sp³-hybridized carbons (Fsp3) is 0.933. The van der Waals surface area contributed by atoms with Crippen LogP contribution >= 0.6 is 11.6 Å². The van der Waals surface area contributed by atoms with Gasteiger partial charge in [-0.15, -0.1) is 0 Å². The number of rotatable bonds is 2. The molecule has 2 N–H and O–H groups in total. The van der Waals surface area contributed by atoms with Gasteiger partial charge in [0.2, 0.25) is 0 Å². The molecule has 2 aliphatic carbocycles. The Balaban J connectivity index is 1.63. The maximum atomic E-state index is 6.24. The van der Waals surface area contributed by atoms with Gasteiger partial charge in [0.25, 0.3) is 0 Å². The minimum Gasteiger partial charge on any atom is -0.345 e. The van der Waals surface area contributed by atoms with Crippen molar-refractivity contribution in [3.8, 4) is 0 Å². The smallest absolute Gasteiger partial charge is 0.194 e. The first kappa shape index (κ1) is 13.7. The lowest BCUT2D eigenvalue weighted by atomic mass is 9.84. The number of hydrogen-bond donors (Lipinski definition) is 2. The molecule has 1 heterocycles. The highest BCUT2D eigenvalue weighted by molar-refractivity contribution is 6.64. The van der Waals surface area contributed by atoms with Crippen LogP contribution in [0, 0.1) is 11.8 Å². The van der Waals surface area contributed by atoms with Crippen molar-refractivity contribution < 1.29 is 0 Å². The van der Waals surface area contributed by atoms with Crippen molar-refractivity contribution in [3.05, 3.63) is 0 Å². The predicted molar refractivity (Wildman–Crippen MR) is 80.3 cm³/mol. The number of hydrogen-bond acceptors (Lipinski definition) is 3. The summed E-state index contributed by atoms with van der Waals surface area (Å²) in [6, 6.07) is 0. The summed E-state index contributed by atoms with van der Waals surface area (Å²) in [5.74, 6) is 1.42. The fourth-order valence-corrected chi connectivity index (χ4v) is 4.19. The zero-order chi connectivity index (χ0) is 13.1. The molecule has 2 saturated carbocycles.